The second-order valence-corrected chi connectivity index (χ2v) is 5.62. The Labute approximate surface area is 151 Å². The third kappa shape index (κ3) is 23.3. The number of ether oxygens (including phenoxy) is 5. The Morgan fingerprint density at radius 1 is 0.600 bits per heavy atom. The van der Waals surface area contributed by atoms with Crippen molar-refractivity contribution in [3.05, 3.63) is 0 Å². The van der Waals surface area contributed by atoms with Crippen LogP contribution < -0.4 is 0 Å². The van der Waals surface area contributed by atoms with E-state index in [1.807, 2.05) is 0 Å². The lowest BCUT2D eigenvalue weighted by Gasteiger charge is -2.07. The van der Waals surface area contributed by atoms with Crippen LogP contribution >= 0.6 is 0 Å². The fraction of sp³-hybridized carbons (Fsp3) is 0.944. The molecule has 0 aromatic rings. The van der Waals surface area contributed by atoms with Crippen molar-refractivity contribution in [3.8, 4) is 0 Å². The molecule has 0 radical (unpaired) electrons. The van der Waals surface area contributed by atoms with Gasteiger partial charge >= 0.3 is 5.97 Å². The van der Waals surface area contributed by atoms with E-state index in [1.165, 1.54) is 25.7 Å². The molecule has 0 fully saturated rings. The van der Waals surface area contributed by atoms with Gasteiger partial charge in [0.15, 0.2) is 0 Å². The average Bonchev–Trinajstić information content (AvgIpc) is 2.60. The molecule has 0 saturated carbocycles. The van der Waals surface area contributed by atoms with Crippen LogP contribution in [0.4, 0.5) is 0 Å². The lowest BCUT2D eigenvalue weighted by Crippen LogP contribution is -2.13. The summed E-state index contributed by atoms with van der Waals surface area (Å²) < 4.78 is 26.7. The molecular weight excluding hydrogens is 328 g/mol. The van der Waals surface area contributed by atoms with Crippen molar-refractivity contribution in [1.29, 1.82) is 0 Å². The number of rotatable bonds is 21. The highest BCUT2D eigenvalue weighted by molar-refractivity contribution is 5.66. The summed E-state index contributed by atoms with van der Waals surface area (Å²) in [4.78, 5) is 10.2. The molecule has 0 saturated heterocycles. The van der Waals surface area contributed by atoms with Crippen LogP contribution in [0.3, 0.4) is 0 Å². The zero-order chi connectivity index (χ0) is 18.4. The second-order valence-electron chi connectivity index (χ2n) is 5.62. The van der Waals surface area contributed by atoms with Gasteiger partial charge in [-0.05, 0) is 6.42 Å². The molecule has 0 aliphatic heterocycles. The van der Waals surface area contributed by atoms with Crippen LogP contribution in [0.2, 0.25) is 0 Å². The van der Waals surface area contributed by atoms with Crippen LogP contribution in [0.25, 0.3) is 0 Å². The first-order valence-electron chi connectivity index (χ1n) is 9.38. The summed E-state index contributed by atoms with van der Waals surface area (Å²) in [5.74, 6) is -0.856. The largest absolute Gasteiger partial charge is 0.481 e. The lowest BCUT2D eigenvalue weighted by atomic mass is 10.2. The first-order valence-corrected chi connectivity index (χ1v) is 9.38. The SMILES string of the molecule is CCCCCCCOCCOCCOCCOCCOCCC(=O)O. The van der Waals surface area contributed by atoms with E-state index in [-0.39, 0.29) is 13.0 Å². The first kappa shape index (κ1) is 24.3. The Morgan fingerprint density at radius 2 is 1.00 bits per heavy atom. The fourth-order valence-electron chi connectivity index (χ4n) is 1.95. The molecule has 0 rings (SSSR count). The van der Waals surface area contributed by atoms with Gasteiger partial charge in [0.05, 0.1) is 65.9 Å². The standard InChI is InChI=1S/C18H36O7/c1-2-3-4-5-6-8-21-10-12-23-14-16-25-17-15-24-13-11-22-9-7-18(19)20/h2-17H2,1H3,(H,19,20). The number of aliphatic carboxylic acids is 1. The number of unbranched alkanes of at least 4 members (excludes halogenated alkanes) is 4. The normalized spacial score (nSPS) is 11.1. The highest BCUT2D eigenvalue weighted by atomic mass is 16.6. The van der Waals surface area contributed by atoms with Crippen LogP contribution in [0.1, 0.15) is 45.4 Å². The van der Waals surface area contributed by atoms with Crippen LogP contribution in [0.5, 0.6) is 0 Å². The number of hydrogen-bond acceptors (Lipinski definition) is 6. The molecule has 0 atom stereocenters. The molecule has 0 amide bonds. The summed E-state index contributed by atoms with van der Waals surface area (Å²) in [6, 6.07) is 0. The van der Waals surface area contributed by atoms with E-state index in [0.29, 0.717) is 52.9 Å². The summed E-state index contributed by atoms with van der Waals surface area (Å²) in [6.45, 7) is 7.42. The third-order valence-corrected chi connectivity index (χ3v) is 3.34. The molecule has 0 spiro atoms. The van der Waals surface area contributed by atoms with Gasteiger partial charge in [0.1, 0.15) is 0 Å². The number of carboxylic acid groups (broad SMARTS) is 1. The van der Waals surface area contributed by atoms with E-state index in [2.05, 4.69) is 6.92 Å². The van der Waals surface area contributed by atoms with Gasteiger partial charge in [0.2, 0.25) is 0 Å². The van der Waals surface area contributed by atoms with Crippen LogP contribution in [0, 0.1) is 0 Å². The molecular formula is C18H36O7. The predicted octanol–water partition coefficient (Wildman–Crippen LogP) is 2.51. The molecule has 0 heterocycles. The lowest BCUT2D eigenvalue weighted by molar-refractivity contribution is -0.138. The monoisotopic (exact) mass is 364 g/mol. The van der Waals surface area contributed by atoms with Crippen molar-refractivity contribution in [2.75, 3.05) is 66.1 Å². The molecule has 0 bridgehead atoms. The molecule has 150 valence electrons. The molecule has 0 aliphatic rings. The Bertz CT molecular complexity index is 274. The summed E-state index contributed by atoms with van der Waals surface area (Å²) in [5, 5.41) is 8.42. The number of carbonyl (C=O) groups is 1. The second kappa shape index (κ2) is 21.3. The number of carboxylic acids is 1. The van der Waals surface area contributed by atoms with Crippen LogP contribution in [0.15, 0.2) is 0 Å². The van der Waals surface area contributed by atoms with Crippen LogP contribution in [-0.2, 0) is 28.5 Å². The maximum Gasteiger partial charge on any atom is 0.305 e. The Kier molecular flexibility index (Phi) is 20.7. The molecule has 0 aliphatic carbocycles. The summed E-state index contributed by atoms with van der Waals surface area (Å²) in [5.41, 5.74) is 0. The average molecular weight is 364 g/mol. The first-order chi connectivity index (χ1) is 12.3. The van der Waals surface area contributed by atoms with Gasteiger partial charge in [-0.3, -0.25) is 4.79 Å². The molecule has 7 heteroatoms. The summed E-state index contributed by atoms with van der Waals surface area (Å²) >= 11 is 0. The molecule has 1 N–H and O–H groups in total. The molecule has 0 unspecified atom stereocenters. The van der Waals surface area contributed by atoms with E-state index in [4.69, 9.17) is 28.8 Å². The molecule has 0 aromatic heterocycles. The molecule has 25 heavy (non-hydrogen) atoms. The minimum atomic E-state index is -0.856. The smallest absolute Gasteiger partial charge is 0.305 e. The minimum absolute atomic E-state index is 0.0209. The highest BCUT2D eigenvalue weighted by Gasteiger charge is 1.96. The maximum atomic E-state index is 10.2. The van der Waals surface area contributed by atoms with Gasteiger partial charge in [0.25, 0.3) is 0 Å². The Balaban J connectivity index is 2.97. The van der Waals surface area contributed by atoms with Crippen molar-refractivity contribution >= 4 is 5.97 Å². The maximum absolute atomic E-state index is 10.2. The van der Waals surface area contributed by atoms with E-state index in [9.17, 15) is 4.79 Å². The van der Waals surface area contributed by atoms with Crippen molar-refractivity contribution in [1.82, 2.24) is 0 Å². The van der Waals surface area contributed by atoms with Gasteiger partial charge in [-0.2, -0.15) is 0 Å². The predicted molar refractivity (Wildman–Crippen MR) is 95.1 cm³/mol. The van der Waals surface area contributed by atoms with E-state index in [0.717, 1.165) is 13.0 Å². The Morgan fingerprint density at radius 3 is 1.44 bits per heavy atom. The van der Waals surface area contributed by atoms with E-state index >= 15 is 0 Å². The number of hydrogen-bond donors (Lipinski definition) is 1. The summed E-state index contributed by atoms with van der Waals surface area (Å²) in [6.07, 6.45) is 6.29. The topological polar surface area (TPSA) is 83.5 Å². The van der Waals surface area contributed by atoms with Gasteiger partial charge < -0.3 is 28.8 Å². The van der Waals surface area contributed by atoms with Gasteiger partial charge in [-0.25, -0.2) is 0 Å². The van der Waals surface area contributed by atoms with Gasteiger partial charge in [-0.15, -0.1) is 0 Å². The zero-order valence-corrected chi connectivity index (χ0v) is 15.7. The molecule has 7 nitrogen and oxygen atoms in total. The minimum Gasteiger partial charge on any atom is -0.481 e. The Hall–Kier alpha value is -0.730. The zero-order valence-electron chi connectivity index (χ0n) is 15.7. The third-order valence-electron chi connectivity index (χ3n) is 3.34. The highest BCUT2D eigenvalue weighted by Crippen LogP contribution is 2.02. The van der Waals surface area contributed by atoms with E-state index < -0.39 is 5.97 Å². The molecule has 0 aromatic carbocycles. The van der Waals surface area contributed by atoms with E-state index in [1.54, 1.807) is 0 Å². The quantitative estimate of drug-likeness (QED) is 0.313. The van der Waals surface area contributed by atoms with Crippen molar-refractivity contribution < 1.29 is 33.6 Å². The summed E-state index contributed by atoms with van der Waals surface area (Å²) in [7, 11) is 0. The van der Waals surface area contributed by atoms with Gasteiger partial charge in [0, 0.05) is 6.61 Å². The van der Waals surface area contributed by atoms with Crippen molar-refractivity contribution in [2.45, 2.75) is 45.4 Å². The van der Waals surface area contributed by atoms with Crippen LogP contribution in [-0.4, -0.2) is 77.1 Å². The van der Waals surface area contributed by atoms with Crippen molar-refractivity contribution in [2.24, 2.45) is 0 Å². The van der Waals surface area contributed by atoms with Crippen molar-refractivity contribution in [3.63, 3.8) is 0 Å². The fourth-order valence-corrected chi connectivity index (χ4v) is 1.95. The van der Waals surface area contributed by atoms with Gasteiger partial charge in [-0.1, -0.05) is 32.6 Å².